The molecular weight excluding hydrogens is 246 g/mol. The number of hydrogen-bond donors (Lipinski definition) is 0. The Kier molecular flexibility index (Phi) is 2.49. The van der Waals surface area contributed by atoms with E-state index < -0.39 is 0 Å². The average molecular weight is 259 g/mol. The molecule has 2 aliphatic rings. The molecule has 0 aromatic heterocycles. The summed E-state index contributed by atoms with van der Waals surface area (Å²) in [6.45, 7) is 0.766. The average Bonchev–Trinajstić information content (AvgIpc) is 2.97. The topological polar surface area (TPSA) is 30.7 Å². The maximum absolute atomic E-state index is 4.71. The van der Waals surface area contributed by atoms with Gasteiger partial charge < -0.3 is 0 Å². The Labute approximate surface area is 116 Å². The molecule has 2 aliphatic heterocycles. The minimum atomic E-state index is 0.766. The standard InChI is InChI=1S/C17H13N3/c1-2-6-13(7-3-1)12-20-16-9-5-4-8-14(16)17-15(19-20)10-11-18-17/h1-11H,12H2. The third-order valence-electron chi connectivity index (χ3n) is 3.52. The molecule has 0 N–H and O–H groups in total. The van der Waals surface area contributed by atoms with E-state index in [2.05, 4.69) is 46.1 Å². The van der Waals surface area contributed by atoms with Gasteiger partial charge in [0, 0.05) is 11.6 Å². The van der Waals surface area contributed by atoms with Crippen LogP contribution in [0.4, 0.5) is 0 Å². The van der Waals surface area contributed by atoms with Crippen molar-refractivity contribution in [1.82, 2.24) is 14.8 Å². The number of benzene rings is 2. The number of rotatable bonds is 2. The Balaban J connectivity index is 1.95. The van der Waals surface area contributed by atoms with Crippen LogP contribution in [-0.4, -0.2) is 14.8 Å². The highest BCUT2D eigenvalue weighted by Gasteiger charge is 2.13. The fourth-order valence-electron chi connectivity index (χ4n) is 2.58. The molecular formula is C17H13N3. The van der Waals surface area contributed by atoms with Gasteiger partial charge >= 0.3 is 0 Å². The molecule has 0 unspecified atom stereocenters. The molecule has 2 aromatic rings. The highest BCUT2D eigenvalue weighted by Crippen LogP contribution is 2.27. The van der Waals surface area contributed by atoms with Crippen LogP contribution in [0.5, 0.6) is 0 Å². The summed E-state index contributed by atoms with van der Waals surface area (Å²) >= 11 is 0. The SMILES string of the molecule is c1ccc(Cn2nc3ccnc-3c3ccccc32)cc1. The smallest absolute Gasteiger partial charge is 0.111 e. The van der Waals surface area contributed by atoms with Crippen LogP contribution in [-0.2, 0) is 6.54 Å². The summed E-state index contributed by atoms with van der Waals surface area (Å²) in [4.78, 5) is 4.42. The number of para-hydroxylation sites is 1. The molecule has 20 heavy (non-hydrogen) atoms. The molecule has 0 saturated carbocycles. The van der Waals surface area contributed by atoms with E-state index in [-0.39, 0.29) is 0 Å². The number of nitrogens with zero attached hydrogens (tertiary/aromatic N) is 3. The van der Waals surface area contributed by atoms with Gasteiger partial charge in [-0.25, -0.2) is 0 Å². The first-order valence-corrected chi connectivity index (χ1v) is 6.66. The van der Waals surface area contributed by atoms with Gasteiger partial charge in [0.25, 0.3) is 0 Å². The van der Waals surface area contributed by atoms with Gasteiger partial charge in [-0.3, -0.25) is 9.67 Å². The molecule has 0 fully saturated rings. The Bertz CT molecular complexity index is 833. The van der Waals surface area contributed by atoms with Crippen molar-refractivity contribution in [3.8, 4) is 11.4 Å². The van der Waals surface area contributed by atoms with Crippen LogP contribution in [0.3, 0.4) is 0 Å². The van der Waals surface area contributed by atoms with Gasteiger partial charge in [0.15, 0.2) is 0 Å². The number of hydrogen-bond acceptors (Lipinski definition) is 2. The third-order valence-corrected chi connectivity index (χ3v) is 3.52. The van der Waals surface area contributed by atoms with E-state index in [1.807, 2.05) is 30.5 Å². The van der Waals surface area contributed by atoms with Crippen molar-refractivity contribution >= 4 is 10.9 Å². The van der Waals surface area contributed by atoms with E-state index in [4.69, 9.17) is 5.10 Å². The van der Waals surface area contributed by atoms with E-state index in [1.54, 1.807) is 0 Å². The summed E-state index contributed by atoms with van der Waals surface area (Å²) in [5.41, 5.74) is 4.28. The lowest BCUT2D eigenvalue weighted by Crippen LogP contribution is -2.08. The van der Waals surface area contributed by atoms with Crippen LogP contribution in [0.1, 0.15) is 5.56 Å². The Morgan fingerprint density at radius 2 is 1.65 bits per heavy atom. The first-order chi connectivity index (χ1) is 9.92. The molecule has 0 spiro atoms. The van der Waals surface area contributed by atoms with Crippen molar-refractivity contribution in [2.45, 2.75) is 6.54 Å². The summed E-state index contributed by atoms with van der Waals surface area (Å²) in [7, 11) is 0. The van der Waals surface area contributed by atoms with Gasteiger partial charge in [0.1, 0.15) is 5.69 Å². The summed E-state index contributed by atoms with van der Waals surface area (Å²) < 4.78 is 2.05. The van der Waals surface area contributed by atoms with Crippen molar-refractivity contribution in [3.63, 3.8) is 0 Å². The molecule has 2 heterocycles. The summed E-state index contributed by atoms with van der Waals surface area (Å²) in [5.74, 6) is 0. The minimum absolute atomic E-state index is 0.766. The van der Waals surface area contributed by atoms with Gasteiger partial charge in [-0.2, -0.15) is 5.10 Å². The predicted molar refractivity (Wildman–Crippen MR) is 79.7 cm³/mol. The molecule has 96 valence electrons. The van der Waals surface area contributed by atoms with Crippen LogP contribution in [0.2, 0.25) is 0 Å². The second kappa shape index (κ2) is 4.46. The quantitative estimate of drug-likeness (QED) is 0.551. The Hall–Kier alpha value is -2.68. The summed E-state index contributed by atoms with van der Waals surface area (Å²) in [6, 6.07) is 20.6. The highest BCUT2D eigenvalue weighted by molar-refractivity contribution is 5.92. The number of aromatic nitrogens is 3. The van der Waals surface area contributed by atoms with E-state index in [0.717, 1.165) is 28.8 Å². The molecule has 2 aromatic carbocycles. The van der Waals surface area contributed by atoms with Crippen molar-refractivity contribution in [2.75, 3.05) is 0 Å². The van der Waals surface area contributed by atoms with Crippen LogP contribution in [0.25, 0.3) is 22.3 Å². The Morgan fingerprint density at radius 3 is 2.55 bits per heavy atom. The van der Waals surface area contributed by atoms with Crippen LogP contribution in [0.15, 0.2) is 66.9 Å². The molecule has 3 heteroatoms. The normalized spacial score (nSPS) is 11.2. The molecule has 4 rings (SSSR count). The van der Waals surface area contributed by atoms with E-state index in [9.17, 15) is 0 Å². The number of fused-ring (bicyclic) bond motifs is 3. The van der Waals surface area contributed by atoms with E-state index >= 15 is 0 Å². The zero-order valence-electron chi connectivity index (χ0n) is 10.9. The lowest BCUT2D eigenvalue weighted by Gasteiger charge is -2.13. The summed E-state index contributed by atoms with van der Waals surface area (Å²) in [6.07, 6.45) is 1.82. The van der Waals surface area contributed by atoms with Gasteiger partial charge in [-0.1, -0.05) is 48.5 Å². The fraction of sp³-hybridized carbons (Fsp3) is 0.0588. The predicted octanol–water partition coefficient (Wildman–Crippen LogP) is 3.58. The van der Waals surface area contributed by atoms with Gasteiger partial charge in [-0.15, -0.1) is 0 Å². The van der Waals surface area contributed by atoms with Crippen molar-refractivity contribution < 1.29 is 0 Å². The second-order valence-corrected chi connectivity index (χ2v) is 4.84. The highest BCUT2D eigenvalue weighted by atomic mass is 15.3. The maximum atomic E-state index is 4.71. The summed E-state index contributed by atoms with van der Waals surface area (Å²) in [5, 5.41) is 5.86. The molecule has 0 bridgehead atoms. The van der Waals surface area contributed by atoms with E-state index in [0.29, 0.717) is 0 Å². The maximum Gasteiger partial charge on any atom is 0.111 e. The largest absolute Gasteiger partial charge is 0.260 e. The monoisotopic (exact) mass is 259 g/mol. The molecule has 0 amide bonds. The zero-order chi connectivity index (χ0) is 13.4. The lowest BCUT2D eigenvalue weighted by atomic mass is 10.1. The van der Waals surface area contributed by atoms with Gasteiger partial charge in [-0.05, 0) is 17.7 Å². The molecule has 0 atom stereocenters. The molecule has 3 nitrogen and oxygen atoms in total. The van der Waals surface area contributed by atoms with Gasteiger partial charge in [0.2, 0.25) is 0 Å². The minimum Gasteiger partial charge on any atom is -0.260 e. The van der Waals surface area contributed by atoms with Crippen LogP contribution < -0.4 is 0 Å². The Morgan fingerprint density at radius 1 is 0.850 bits per heavy atom. The third kappa shape index (κ3) is 1.75. The van der Waals surface area contributed by atoms with Gasteiger partial charge in [0.05, 0.1) is 17.8 Å². The molecule has 0 saturated heterocycles. The van der Waals surface area contributed by atoms with Crippen molar-refractivity contribution in [3.05, 3.63) is 72.4 Å². The van der Waals surface area contributed by atoms with Crippen molar-refractivity contribution in [2.24, 2.45) is 0 Å². The van der Waals surface area contributed by atoms with Crippen LogP contribution in [0, 0.1) is 0 Å². The first-order valence-electron chi connectivity index (χ1n) is 6.66. The zero-order valence-corrected chi connectivity index (χ0v) is 10.9. The molecule has 0 radical (unpaired) electrons. The van der Waals surface area contributed by atoms with E-state index in [1.165, 1.54) is 5.56 Å². The van der Waals surface area contributed by atoms with Crippen molar-refractivity contribution in [1.29, 1.82) is 0 Å². The lowest BCUT2D eigenvalue weighted by molar-refractivity contribution is 0.701. The first kappa shape index (κ1) is 11.2. The van der Waals surface area contributed by atoms with Crippen LogP contribution >= 0.6 is 0 Å². The second-order valence-electron chi connectivity index (χ2n) is 4.84. The fourth-order valence-corrected chi connectivity index (χ4v) is 2.58. The molecule has 0 aliphatic carbocycles.